The average molecular weight is 305 g/mol. The van der Waals surface area contributed by atoms with Gasteiger partial charge in [0.1, 0.15) is 29.6 Å². The van der Waals surface area contributed by atoms with Gasteiger partial charge < -0.3 is 14.6 Å². The highest BCUT2D eigenvalue weighted by Gasteiger charge is 2.07. The fourth-order valence-corrected chi connectivity index (χ4v) is 1.76. The third kappa shape index (κ3) is 4.47. The Balaban J connectivity index is 2.23. The first kappa shape index (κ1) is 15.3. The van der Waals surface area contributed by atoms with Crippen LogP contribution in [0.4, 0.5) is 0 Å². The molecule has 0 bridgehead atoms. The molecule has 2 rings (SSSR count). The van der Waals surface area contributed by atoms with E-state index in [-0.39, 0.29) is 12.7 Å². The number of hydrogen-bond acceptors (Lipinski definition) is 6. The van der Waals surface area contributed by atoms with Gasteiger partial charge in [0, 0.05) is 11.6 Å². The van der Waals surface area contributed by atoms with Crippen molar-refractivity contribution in [3.05, 3.63) is 42.1 Å². The Morgan fingerprint density at radius 1 is 1.29 bits per heavy atom. The highest BCUT2D eigenvalue weighted by molar-refractivity contribution is 7.80. The number of aliphatic hydroxyl groups excluding tert-OH is 1. The number of aliphatic hydroxyl groups is 1. The standard InChI is InChI=1S/C15H15NO4S/c1-10(8-17)19-13-4-11(9-18)5-14(6-13)20-12-2-3-15(21)16-7-12/h2-7,9-10,17H,8H2,1H3,(H,16,21)/t10-/m0/s1. The van der Waals surface area contributed by atoms with E-state index in [0.717, 1.165) is 0 Å². The molecular formula is C15H15NO4S. The molecular weight excluding hydrogens is 290 g/mol. The maximum Gasteiger partial charge on any atom is 0.150 e. The largest absolute Gasteiger partial charge is 0.488 e. The second-order valence-electron chi connectivity index (χ2n) is 4.42. The first-order valence-electron chi connectivity index (χ1n) is 6.31. The summed E-state index contributed by atoms with van der Waals surface area (Å²) >= 11 is 4.10. The summed E-state index contributed by atoms with van der Waals surface area (Å²) < 4.78 is 11.1. The molecule has 0 fully saturated rings. The van der Waals surface area contributed by atoms with Crippen LogP contribution in [-0.4, -0.2) is 29.1 Å². The smallest absolute Gasteiger partial charge is 0.150 e. The van der Waals surface area contributed by atoms with Gasteiger partial charge in [0.2, 0.25) is 0 Å². The van der Waals surface area contributed by atoms with Crippen LogP contribution in [0.2, 0.25) is 0 Å². The van der Waals surface area contributed by atoms with Gasteiger partial charge >= 0.3 is 0 Å². The summed E-state index contributed by atoms with van der Waals surface area (Å²) in [5.74, 6) is 1.43. The van der Waals surface area contributed by atoms with E-state index < -0.39 is 0 Å². The number of aldehydes is 1. The molecule has 0 spiro atoms. The van der Waals surface area contributed by atoms with E-state index in [1.54, 1.807) is 37.3 Å². The molecule has 6 heteroatoms. The lowest BCUT2D eigenvalue weighted by atomic mass is 10.2. The van der Waals surface area contributed by atoms with E-state index in [2.05, 4.69) is 17.6 Å². The summed E-state index contributed by atoms with van der Waals surface area (Å²) in [6, 6.07) is 8.25. The number of aromatic nitrogens is 1. The Morgan fingerprint density at radius 2 is 2.05 bits per heavy atom. The summed E-state index contributed by atoms with van der Waals surface area (Å²) in [4.78, 5) is 15.0. The lowest BCUT2D eigenvalue weighted by Crippen LogP contribution is -2.16. The van der Waals surface area contributed by atoms with Gasteiger partial charge in [-0.3, -0.25) is 4.79 Å². The second-order valence-corrected chi connectivity index (χ2v) is 4.88. The minimum Gasteiger partial charge on any atom is -0.488 e. The monoisotopic (exact) mass is 305 g/mol. The van der Waals surface area contributed by atoms with Crippen LogP contribution in [0.15, 0.2) is 41.6 Å². The molecule has 1 aromatic heterocycles. The molecule has 21 heavy (non-hydrogen) atoms. The summed E-state index contributed by atoms with van der Waals surface area (Å²) in [6.07, 6.45) is 1.87. The van der Waals surface area contributed by atoms with Crippen LogP contribution in [0.3, 0.4) is 0 Å². The molecule has 0 unspecified atom stereocenters. The van der Waals surface area contributed by atoms with Gasteiger partial charge in [-0.25, -0.2) is 4.98 Å². The van der Waals surface area contributed by atoms with Crippen molar-refractivity contribution in [1.82, 2.24) is 4.98 Å². The number of carbonyl (C=O) groups excluding carboxylic acids is 1. The van der Waals surface area contributed by atoms with Crippen LogP contribution in [0.25, 0.3) is 0 Å². The van der Waals surface area contributed by atoms with Crippen molar-refractivity contribution in [2.45, 2.75) is 18.1 Å². The fourth-order valence-electron chi connectivity index (χ4n) is 1.63. The molecule has 0 aliphatic rings. The molecule has 1 atom stereocenters. The number of nitrogens with zero attached hydrogens (tertiary/aromatic N) is 1. The molecule has 0 aliphatic carbocycles. The Hall–Kier alpha value is -2.05. The third-order valence-corrected chi connectivity index (χ3v) is 2.85. The van der Waals surface area contributed by atoms with Gasteiger partial charge in [-0.1, -0.05) is 0 Å². The van der Waals surface area contributed by atoms with Gasteiger partial charge in [0.05, 0.1) is 17.8 Å². The Bertz CT molecular complexity index is 616. The maximum absolute atomic E-state index is 11.0. The van der Waals surface area contributed by atoms with Crippen molar-refractivity contribution < 1.29 is 19.4 Å². The number of benzene rings is 1. The zero-order valence-corrected chi connectivity index (χ0v) is 12.3. The molecule has 0 saturated carbocycles. The number of pyridine rings is 1. The van der Waals surface area contributed by atoms with Crippen LogP contribution in [0, 0.1) is 0 Å². The van der Waals surface area contributed by atoms with Crippen LogP contribution in [0.1, 0.15) is 17.3 Å². The maximum atomic E-state index is 11.0. The zero-order valence-electron chi connectivity index (χ0n) is 11.4. The Labute approximate surface area is 128 Å². The van der Waals surface area contributed by atoms with Crippen LogP contribution in [-0.2, 0) is 0 Å². The van der Waals surface area contributed by atoms with Crippen LogP contribution < -0.4 is 9.47 Å². The van der Waals surface area contributed by atoms with Crippen molar-refractivity contribution in [2.24, 2.45) is 0 Å². The molecule has 0 radical (unpaired) electrons. The summed E-state index contributed by atoms with van der Waals surface area (Å²) in [5.41, 5.74) is 0.423. The van der Waals surface area contributed by atoms with Gasteiger partial charge in [0.25, 0.3) is 0 Å². The van der Waals surface area contributed by atoms with Gasteiger partial charge in [-0.05, 0) is 31.2 Å². The van der Waals surface area contributed by atoms with Crippen molar-refractivity contribution in [1.29, 1.82) is 0 Å². The Kier molecular flexibility index (Phi) is 5.19. The van der Waals surface area contributed by atoms with E-state index >= 15 is 0 Å². The predicted octanol–water partition coefficient (Wildman–Crippen LogP) is 2.73. The van der Waals surface area contributed by atoms with Crippen molar-refractivity contribution in [3.63, 3.8) is 0 Å². The molecule has 5 nitrogen and oxygen atoms in total. The molecule has 1 heterocycles. The number of hydrogen-bond donors (Lipinski definition) is 2. The summed E-state index contributed by atoms with van der Waals surface area (Å²) in [5, 5.41) is 9.60. The molecule has 0 amide bonds. The van der Waals surface area contributed by atoms with E-state index in [4.69, 9.17) is 14.6 Å². The first-order valence-corrected chi connectivity index (χ1v) is 6.76. The molecule has 0 aliphatic heterocycles. The van der Waals surface area contributed by atoms with Crippen molar-refractivity contribution in [3.8, 4) is 17.2 Å². The topological polar surface area (TPSA) is 68.7 Å². The van der Waals surface area contributed by atoms with E-state index in [9.17, 15) is 4.79 Å². The summed E-state index contributed by atoms with van der Waals surface area (Å²) in [7, 11) is 0. The van der Waals surface area contributed by atoms with Crippen molar-refractivity contribution >= 4 is 18.9 Å². The molecule has 0 saturated heterocycles. The fraction of sp³-hybridized carbons (Fsp3) is 0.200. The highest BCUT2D eigenvalue weighted by Crippen LogP contribution is 2.27. The number of ether oxygens (including phenoxy) is 2. The molecule has 1 aromatic carbocycles. The van der Waals surface area contributed by atoms with Gasteiger partial charge in [-0.2, -0.15) is 0 Å². The number of carbonyl (C=O) groups is 1. The molecule has 2 aromatic rings. The third-order valence-electron chi connectivity index (χ3n) is 2.59. The van der Waals surface area contributed by atoms with Crippen LogP contribution in [0.5, 0.6) is 17.2 Å². The molecule has 1 N–H and O–H groups in total. The average Bonchev–Trinajstić information content (AvgIpc) is 2.49. The minimum absolute atomic E-state index is 0.116. The van der Waals surface area contributed by atoms with Gasteiger partial charge in [-0.15, -0.1) is 12.6 Å². The van der Waals surface area contributed by atoms with E-state index in [1.165, 1.54) is 6.20 Å². The normalized spacial score (nSPS) is 11.8. The van der Waals surface area contributed by atoms with E-state index in [0.29, 0.717) is 34.1 Å². The van der Waals surface area contributed by atoms with E-state index in [1.807, 2.05) is 0 Å². The number of rotatable bonds is 6. The SMILES string of the molecule is C[C@@H](CO)Oc1cc(C=O)cc(Oc2ccc(S)nc2)c1. The van der Waals surface area contributed by atoms with Crippen LogP contribution >= 0.6 is 12.6 Å². The summed E-state index contributed by atoms with van der Waals surface area (Å²) in [6.45, 7) is 1.61. The Morgan fingerprint density at radius 3 is 2.67 bits per heavy atom. The minimum atomic E-state index is -0.370. The lowest BCUT2D eigenvalue weighted by Gasteiger charge is -2.14. The zero-order chi connectivity index (χ0) is 15.2. The highest BCUT2D eigenvalue weighted by atomic mass is 32.1. The molecule has 110 valence electrons. The first-order chi connectivity index (χ1) is 10.1. The predicted molar refractivity (Wildman–Crippen MR) is 80.6 cm³/mol. The van der Waals surface area contributed by atoms with Crippen molar-refractivity contribution in [2.75, 3.05) is 6.61 Å². The quantitative estimate of drug-likeness (QED) is 0.634. The second kappa shape index (κ2) is 7.10. The number of thiol groups is 1. The lowest BCUT2D eigenvalue weighted by molar-refractivity contribution is 0.112. The van der Waals surface area contributed by atoms with Gasteiger partial charge in [0.15, 0.2) is 0 Å².